The Kier molecular flexibility index (Phi) is 3.90. The summed E-state index contributed by atoms with van der Waals surface area (Å²) in [5, 5.41) is 0. The lowest BCUT2D eigenvalue weighted by Crippen LogP contribution is -2.51. The number of benzene rings is 1. The van der Waals surface area contributed by atoms with Gasteiger partial charge in [0.1, 0.15) is 5.82 Å². The van der Waals surface area contributed by atoms with Crippen molar-refractivity contribution in [1.82, 2.24) is 9.55 Å². The minimum absolute atomic E-state index is 0.0111. The van der Waals surface area contributed by atoms with Crippen LogP contribution in [0.25, 0.3) is 11.0 Å². The molecule has 0 saturated heterocycles. The highest BCUT2D eigenvalue weighted by molar-refractivity contribution is 14.1. The number of hydrogen-bond donors (Lipinski definition) is 1. The minimum atomic E-state index is -0.204. The summed E-state index contributed by atoms with van der Waals surface area (Å²) in [7, 11) is 0. The lowest BCUT2D eigenvalue weighted by atomic mass is 9.64. The Hall–Kier alpha value is -0.470. The Morgan fingerprint density at radius 2 is 2.24 bits per heavy atom. The van der Waals surface area contributed by atoms with E-state index in [9.17, 15) is 4.39 Å². The van der Waals surface area contributed by atoms with Crippen LogP contribution in [-0.4, -0.2) is 22.3 Å². The van der Waals surface area contributed by atoms with Gasteiger partial charge in [-0.1, -0.05) is 13.8 Å². The van der Waals surface area contributed by atoms with E-state index in [2.05, 4.69) is 23.4 Å². The van der Waals surface area contributed by atoms with Gasteiger partial charge in [0.25, 0.3) is 0 Å². The highest BCUT2D eigenvalue weighted by Gasteiger charge is 2.50. The fourth-order valence-corrected chi connectivity index (χ4v) is 4.02. The first-order valence-electron chi connectivity index (χ1n) is 7.07. The van der Waals surface area contributed by atoms with E-state index < -0.39 is 0 Å². The van der Waals surface area contributed by atoms with E-state index >= 15 is 0 Å². The molecule has 0 amide bonds. The van der Waals surface area contributed by atoms with Crippen molar-refractivity contribution in [3.8, 4) is 0 Å². The van der Waals surface area contributed by atoms with Crippen LogP contribution in [0.15, 0.2) is 12.1 Å². The van der Waals surface area contributed by atoms with Gasteiger partial charge in [0.2, 0.25) is 0 Å². The highest BCUT2D eigenvalue weighted by atomic mass is 127. The zero-order valence-electron chi connectivity index (χ0n) is 12.2. The first-order chi connectivity index (χ1) is 9.86. The number of nitrogens with zero attached hydrogens (tertiary/aromatic N) is 1. The Labute approximate surface area is 142 Å². The predicted octanol–water partition coefficient (Wildman–Crippen LogP) is 4.82. The second-order valence-corrected chi connectivity index (χ2v) is 7.65. The molecular weight excluding hydrogens is 402 g/mol. The number of halogens is 2. The fourth-order valence-electron chi connectivity index (χ4n) is 3.22. The van der Waals surface area contributed by atoms with E-state index in [0.29, 0.717) is 14.9 Å². The number of ether oxygens (including phenoxy) is 1. The molecule has 0 spiro atoms. The molecule has 1 aliphatic carbocycles. The molecule has 1 fully saturated rings. The van der Waals surface area contributed by atoms with Crippen molar-refractivity contribution in [1.29, 1.82) is 0 Å². The Morgan fingerprint density at radius 1 is 1.52 bits per heavy atom. The maximum Gasteiger partial charge on any atom is 0.178 e. The second-order valence-electron chi connectivity index (χ2n) is 6.10. The van der Waals surface area contributed by atoms with Gasteiger partial charge in [0.15, 0.2) is 4.77 Å². The summed E-state index contributed by atoms with van der Waals surface area (Å²) in [5.74, 6) is -0.204. The zero-order chi connectivity index (χ0) is 15.4. The van der Waals surface area contributed by atoms with Crippen LogP contribution in [0.5, 0.6) is 0 Å². The van der Waals surface area contributed by atoms with Crippen molar-refractivity contribution in [2.24, 2.45) is 5.41 Å². The summed E-state index contributed by atoms with van der Waals surface area (Å²) in [6, 6.07) is 3.62. The molecule has 2 atom stereocenters. The number of H-pyrrole nitrogens is 1. The monoisotopic (exact) mass is 420 g/mol. The number of aromatic amines is 1. The minimum Gasteiger partial charge on any atom is -0.378 e. The maximum atomic E-state index is 13.9. The van der Waals surface area contributed by atoms with E-state index in [1.54, 1.807) is 6.07 Å². The van der Waals surface area contributed by atoms with Crippen LogP contribution in [0.1, 0.15) is 33.2 Å². The highest BCUT2D eigenvalue weighted by Crippen LogP contribution is 2.52. The molecule has 1 aromatic carbocycles. The van der Waals surface area contributed by atoms with Gasteiger partial charge >= 0.3 is 0 Å². The molecule has 2 unspecified atom stereocenters. The summed E-state index contributed by atoms with van der Waals surface area (Å²) < 4.78 is 23.0. The molecule has 2 aromatic rings. The number of fused-ring (bicyclic) bond motifs is 1. The smallest absolute Gasteiger partial charge is 0.178 e. The molecule has 114 valence electrons. The van der Waals surface area contributed by atoms with Gasteiger partial charge in [0, 0.05) is 24.1 Å². The zero-order valence-corrected chi connectivity index (χ0v) is 15.2. The average Bonchev–Trinajstić information content (AvgIpc) is 2.70. The molecule has 3 rings (SSSR count). The SMILES string of the molecule is CCOC1CC(n2c(=S)[nH]c3cc(I)c(F)cc32)C1(C)C. The molecule has 1 aliphatic rings. The molecule has 3 nitrogen and oxygen atoms in total. The van der Waals surface area contributed by atoms with Gasteiger partial charge in [0.05, 0.1) is 20.7 Å². The average molecular weight is 420 g/mol. The quantitative estimate of drug-likeness (QED) is 0.570. The number of hydrogen-bond acceptors (Lipinski definition) is 2. The summed E-state index contributed by atoms with van der Waals surface area (Å²) >= 11 is 7.46. The third kappa shape index (κ3) is 2.35. The van der Waals surface area contributed by atoms with Crippen molar-refractivity contribution in [3.05, 3.63) is 26.3 Å². The van der Waals surface area contributed by atoms with Crippen molar-refractivity contribution in [2.45, 2.75) is 39.3 Å². The summed E-state index contributed by atoms with van der Waals surface area (Å²) in [6.07, 6.45) is 1.14. The van der Waals surface area contributed by atoms with Gasteiger partial charge < -0.3 is 14.3 Å². The molecule has 0 radical (unpaired) electrons. The van der Waals surface area contributed by atoms with Gasteiger partial charge in [-0.2, -0.15) is 0 Å². The van der Waals surface area contributed by atoms with E-state index in [0.717, 1.165) is 17.5 Å². The first-order valence-corrected chi connectivity index (χ1v) is 8.55. The molecule has 0 bridgehead atoms. The summed E-state index contributed by atoms with van der Waals surface area (Å²) in [5.41, 5.74) is 1.72. The second kappa shape index (κ2) is 5.31. The Bertz CT molecular complexity index is 752. The Morgan fingerprint density at radius 3 is 2.86 bits per heavy atom. The van der Waals surface area contributed by atoms with Crippen molar-refractivity contribution < 1.29 is 9.13 Å². The maximum absolute atomic E-state index is 13.9. The van der Waals surface area contributed by atoms with Crippen LogP contribution in [0, 0.1) is 19.6 Å². The van der Waals surface area contributed by atoms with Crippen molar-refractivity contribution >= 4 is 45.8 Å². The third-order valence-electron chi connectivity index (χ3n) is 4.56. The number of rotatable bonds is 3. The third-order valence-corrected chi connectivity index (χ3v) is 5.69. The van der Waals surface area contributed by atoms with Crippen molar-refractivity contribution in [2.75, 3.05) is 6.61 Å². The van der Waals surface area contributed by atoms with Crippen LogP contribution < -0.4 is 0 Å². The molecule has 1 aromatic heterocycles. The van der Waals surface area contributed by atoms with Crippen molar-refractivity contribution in [3.63, 3.8) is 0 Å². The summed E-state index contributed by atoms with van der Waals surface area (Å²) in [4.78, 5) is 3.19. The van der Waals surface area contributed by atoms with Gasteiger partial charge in [-0.05, 0) is 54.2 Å². The standard InChI is InChI=1S/C15H18FIN2OS/c1-4-20-13-7-12(15(13,2)3)19-11-5-8(16)9(17)6-10(11)18-14(19)21/h5-6,12-13H,4,7H2,1-3H3,(H,18,21). The van der Waals surface area contributed by atoms with E-state index in [4.69, 9.17) is 17.0 Å². The number of nitrogens with one attached hydrogen (secondary N) is 1. The molecule has 1 heterocycles. The molecule has 1 N–H and O–H groups in total. The summed E-state index contributed by atoms with van der Waals surface area (Å²) in [6.45, 7) is 7.10. The largest absolute Gasteiger partial charge is 0.378 e. The van der Waals surface area contributed by atoms with Crippen LogP contribution in [0.2, 0.25) is 0 Å². The predicted molar refractivity (Wildman–Crippen MR) is 92.6 cm³/mol. The lowest BCUT2D eigenvalue weighted by molar-refractivity contribution is -0.127. The topological polar surface area (TPSA) is 29.9 Å². The molecule has 1 saturated carbocycles. The van der Waals surface area contributed by atoms with Crippen LogP contribution >= 0.6 is 34.8 Å². The van der Waals surface area contributed by atoms with E-state index in [-0.39, 0.29) is 23.4 Å². The molecule has 0 aliphatic heterocycles. The van der Waals surface area contributed by atoms with Gasteiger partial charge in [-0.3, -0.25) is 0 Å². The van der Waals surface area contributed by atoms with Gasteiger partial charge in [-0.25, -0.2) is 4.39 Å². The van der Waals surface area contributed by atoms with Crippen LogP contribution in [0.4, 0.5) is 4.39 Å². The lowest BCUT2D eigenvalue weighted by Gasteiger charge is -2.52. The first kappa shape index (κ1) is 15.4. The molecular formula is C15H18FIN2OS. The van der Waals surface area contributed by atoms with Crippen LogP contribution in [-0.2, 0) is 4.74 Å². The molecule has 21 heavy (non-hydrogen) atoms. The number of aromatic nitrogens is 2. The fraction of sp³-hybridized carbons (Fsp3) is 0.533. The Balaban J connectivity index is 2.08. The van der Waals surface area contributed by atoms with Gasteiger partial charge in [-0.15, -0.1) is 0 Å². The van der Waals surface area contributed by atoms with E-state index in [1.165, 1.54) is 0 Å². The molecule has 6 heteroatoms. The normalized spacial score (nSPS) is 24.2. The van der Waals surface area contributed by atoms with Crippen LogP contribution in [0.3, 0.4) is 0 Å². The number of imidazole rings is 1. The van der Waals surface area contributed by atoms with E-state index in [1.807, 2.05) is 35.6 Å².